The molecule has 1 aliphatic carbocycles. The van der Waals surface area contributed by atoms with Gasteiger partial charge in [0.1, 0.15) is 0 Å². The first kappa shape index (κ1) is 19.4. The van der Waals surface area contributed by atoms with Crippen LogP contribution in [0.3, 0.4) is 0 Å². The maximum atomic E-state index is 13.3. The van der Waals surface area contributed by atoms with Gasteiger partial charge in [-0.1, -0.05) is 53.4 Å². The van der Waals surface area contributed by atoms with Gasteiger partial charge in [0.25, 0.3) is 5.91 Å². The zero-order valence-electron chi connectivity index (χ0n) is 15.8. The summed E-state index contributed by atoms with van der Waals surface area (Å²) in [6.07, 6.45) is 7.62. The summed E-state index contributed by atoms with van der Waals surface area (Å²) in [7, 11) is 0. The number of hydrogen-bond acceptors (Lipinski definition) is 4. The summed E-state index contributed by atoms with van der Waals surface area (Å²) in [5.74, 6) is 0.711. The predicted octanol–water partition coefficient (Wildman–Crippen LogP) is 6.09. The molecule has 0 atom stereocenters. The van der Waals surface area contributed by atoms with E-state index in [0.29, 0.717) is 5.82 Å². The molecule has 6 heteroatoms. The van der Waals surface area contributed by atoms with Crippen LogP contribution in [0.15, 0.2) is 56.8 Å². The Hall–Kier alpha value is -1.92. The lowest BCUT2D eigenvalue weighted by Gasteiger charge is -2.30. The third kappa shape index (κ3) is 4.39. The minimum absolute atomic E-state index is 0.0586. The number of thioether (sulfide) groups is 1. The van der Waals surface area contributed by atoms with Gasteiger partial charge in [-0.05, 0) is 67.4 Å². The van der Waals surface area contributed by atoms with E-state index < -0.39 is 0 Å². The van der Waals surface area contributed by atoms with Gasteiger partial charge in [0.05, 0.1) is 4.91 Å². The molecule has 1 aromatic carbocycles. The van der Waals surface area contributed by atoms with Crippen LogP contribution in [0, 0.1) is 6.92 Å². The number of aromatic nitrogens is 1. The number of carbonyl (C=O) groups excluding carboxylic acids is 1. The molecule has 0 unspecified atom stereocenters. The molecule has 2 fully saturated rings. The van der Waals surface area contributed by atoms with Crippen molar-refractivity contribution in [2.45, 2.75) is 45.1 Å². The molecule has 1 amide bonds. The van der Waals surface area contributed by atoms with E-state index in [1.807, 2.05) is 60.4 Å². The first-order valence-corrected chi connectivity index (χ1v) is 11.2. The van der Waals surface area contributed by atoms with Crippen molar-refractivity contribution in [1.29, 1.82) is 0 Å². The Kier molecular flexibility index (Phi) is 5.97. The quantitative estimate of drug-likeness (QED) is 0.525. The van der Waals surface area contributed by atoms with Crippen molar-refractivity contribution in [2.24, 2.45) is 4.99 Å². The van der Waals surface area contributed by atoms with Crippen molar-refractivity contribution in [3.63, 3.8) is 0 Å². The summed E-state index contributed by atoms with van der Waals surface area (Å²) >= 11 is 4.95. The number of amides is 1. The van der Waals surface area contributed by atoms with E-state index in [2.05, 4.69) is 20.9 Å². The van der Waals surface area contributed by atoms with Crippen molar-refractivity contribution < 1.29 is 4.79 Å². The van der Waals surface area contributed by atoms with Gasteiger partial charge in [-0.25, -0.2) is 9.98 Å². The lowest BCUT2D eigenvalue weighted by Crippen LogP contribution is -2.40. The Balaban J connectivity index is 1.71. The van der Waals surface area contributed by atoms with Crippen molar-refractivity contribution in [3.8, 4) is 0 Å². The molecule has 1 saturated carbocycles. The van der Waals surface area contributed by atoms with Gasteiger partial charge in [-0.2, -0.15) is 0 Å². The largest absolute Gasteiger partial charge is 0.283 e. The molecule has 144 valence electrons. The fourth-order valence-corrected chi connectivity index (χ4v) is 5.13. The molecule has 1 saturated heterocycles. The highest BCUT2D eigenvalue weighted by Crippen LogP contribution is 2.38. The van der Waals surface area contributed by atoms with E-state index in [4.69, 9.17) is 4.99 Å². The SMILES string of the molecule is Cc1cccc(/N=C2/S/C(=C\c3cccc(Br)c3)C(=O)N2C2CCCCC2)n1. The van der Waals surface area contributed by atoms with E-state index in [0.717, 1.165) is 38.6 Å². The van der Waals surface area contributed by atoms with Crippen LogP contribution in [-0.2, 0) is 4.79 Å². The van der Waals surface area contributed by atoms with Crippen LogP contribution in [-0.4, -0.2) is 27.0 Å². The van der Waals surface area contributed by atoms with Crippen molar-refractivity contribution in [2.75, 3.05) is 0 Å². The lowest BCUT2D eigenvalue weighted by atomic mass is 9.94. The normalized spacial score (nSPS) is 21.1. The predicted molar refractivity (Wildman–Crippen MR) is 119 cm³/mol. The number of rotatable bonds is 3. The minimum Gasteiger partial charge on any atom is -0.283 e. The number of amidine groups is 1. The van der Waals surface area contributed by atoms with Crippen LogP contribution >= 0.6 is 27.7 Å². The molecule has 4 rings (SSSR count). The Bertz CT molecular complexity index is 950. The third-order valence-electron chi connectivity index (χ3n) is 5.01. The number of halogens is 1. The number of pyridine rings is 1. The first-order valence-electron chi connectivity index (χ1n) is 9.61. The zero-order valence-corrected chi connectivity index (χ0v) is 18.2. The molecule has 0 bridgehead atoms. The molecule has 0 radical (unpaired) electrons. The van der Waals surface area contributed by atoms with Crippen molar-refractivity contribution in [1.82, 2.24) is 9.88 Å². The molecule has 2 aromatic rings. The van der Waals surface area contributed by atoms with Crippen LogP contribution in [0.4, 0.5) is 5.82 Å². The van der Waals surface area contributed by atoms with Gasteiger partial charge in [0.15, 0.2) is 11.0 Å². The molecule has 1 aliphatic heterocycles. The Morgan fingerprint density at radius 2 is 1.96 bits per heavy atom. The smallest absolute Gasteiger partial charge is 0.267 e. The maximum Gasteiger partial charge on any atom is 0.267 e. The topological polar surface area (TPSA) is 45.6 Å². The van der Waals surface area contributed by atoms with Gasteiger partial charge in [0, 0.05) is 16.2 Å². The summed E-state index contributed by atoms with van der Waals surface area (Å²) < 4.78 is 0.999. The Morgan fingerprint density at radius 3 is 2.71 bits per heavy atom. The number of nitrogens with zero attached hydrogens (tertiary/aromatic N) is 3. The lowest BCUT2D eigenvalue weighted by molar-refractivity contribution is -0.124. The molecule has 2 heterocycles. The van der Waals surface area contributed by atoms with E-state index in [1.54, 1.807) is 0 Å². The monoisotopic (exact) mass is 455 g/mol. The standard InChI is InChI=1S/C22H22BrN3OS/c1-15-7-5-12-20(24-15)25-22-26(18-10-3-2-4-11-18)21(27)19(28-22)14-16-8-6-9-17(23)13-16/h5-9,12-14,18H,2-4,10-11H2,1H3/b19-14-,25-22+. The molecular weight excluding hydrogens is 434 g/mol. The van der Waals surface area contributed by atoms with E-state index in [-0.39, 0.29) is 11.9 Å². The van der Waals surface area contributed by atoms with Crippen LogP contribution in [0.1, 0.15) is 43.4 Å². The fourth-order valence-electron chi connectivity index (χ4n) is 3.66. The fraction of sp³-hybridized carbons (Fsp3) is 0.318. The van der Waals surface area contributed by atoms with E-state index >= 15 is 0 Å². The minimum atomic E-state index is 0.0586. The summed E-state index contributed by atoms with van der Waals surface area (Å²) in [4.78, 5) is 25.2. The molecule has 1 aromatic heterocycles. The number of aryl methyl sites for hydroxylation is 1. The average molecular weight is 456 g/mol. The Labute approximate surface area is 178 Å². The molecule has 0 spiro atoms. The van der Waals surface area contributed by atoms with Gasteiger partial charge in [-0.3, -0.25) is 9.69 Å². The van der Waals surface area contributed by atoms with Crippen LogP contribution in [0.2, 0.25) is 0 Å². The number of benzene rings is 1. The second kappa shape index (κ2) is 8.62. The average Bonchev–Trinajstić information content (AvgIpc) is 2.97. The molecule has 4 nitrogen and oxygen atoms in total. The molecular formula is C22H22BrN3OS. The second-order valence-electron chi connectivity index (χ2n) is 7.16. The van der Waals surface area contributed by atoms with Gasteiger partial charge in [-0.15, -0.1) is 0 Å². The van der Waals surface area contributed by atoms with Crippen LogP contribution < -0.4 is 0 Å². The van der Waals surface area contributed by atoms with Crippen LogP contribution in [0.5, 0.6) is 0 Å². The number of hydrogen-bond donors (Lipinski definition) is 0. The highest BCUT2D eigenvalue weighted by molar-refractivity contribution is 9.10. The van der Waals surface area contributed by atoms with E-state index in [1.165, 1.54) is 31.0 Å². The van der Waals surface area contributed by atoms with Gasteiger partial charge < -0.3 is 0 Å². The van der Waals surface area contributed by atoms with Gasteiger partial charge >= 0.3 is 0 Å². The highest BCUT2D eigenvalue weighted by Gasteiger charge is 2.38. The molecule has 28 heavy (non-hydrogen) atoms. The maximum absolute atomic E-state index is 13.3. The summed E-state index contributed by atoms with van der Waals surface area (Å²) in [5.41, 5.74) is 1.93. The number of carbonyl (C=O) groups is 1. The summed E-state index contributed by atoms with van der Waals surface area (Å²) in [6.45, 7) is 1.95. The summed E-state index contributed by atoms with van der Waals surface area (Å²) in [5, 5.41) is 0.747. The number of aliphatic imine (C=N–C) groups is 1. The van der Waals surface area contributed by atoms with Gasteiger partial charge in [0.2, 0.25) is 0 Å². The van der Waals surface area contributed by atoms with Crippen LogP contribution in [0.25, 0.3) is 6.08 Å². The zero-order chi connectivity index (χ0) is 19.5. The Morgan fingerprint density at radius 1 is 1.18 bits per heavy atom. The highest BCUT2D eigenvalue weighted by atomic mass is 79.9. The second-order valence-corrected chi connectivity index (χ2v) is 9.09. The first-order chi connectivity index (χ1) is 13.6. The third-order valence-corrected chi connectivity index (χ3v) is 6.48. The van der Waals surface area contributed by atoms with Crippen molar-refractivity contribution in [3.05, 3.63) is 63.1 Å². The van der Waals surface area contributed by atoms with Crippen molar-refractivity contribution >= 4 is 50.7 Å². The summed E-state index contributed by atoms with van der Waals surface area (Å²) in [6, 6.07) is 14.0. The molecule has 0 N–H and O–H groups in total. The molecule has 2 aliphatic rings. The van der Waals surface area contributed by atoms with E-state index in [9.17, 15) is 4.79 Å².